The minimum Gasteiger partial charge on any atom is -0.542 e. The number of aliphatic carboxylic acids is 1. The third-order valence-electron chi connectivity index (χ3n) is 2.02. The predicted octanol–water partition coefficient (Wildman–Crippen LogP) is 4.00. The number of allylic oxidation sites excluding steroid dienone is 1. The van der Waals surface area contributed by atoms with Gasteiger partial charge < -0.3 is 9.90 Å². The van der Waals surface area contributed by atoms with Gasteiger partial charge in [0.15, 0.2) is 0 Å². The van der Waals surface area contributed by atoms with Crippen LogP contribution in [0.15, 0.2) is 12.7 Å². The average Bonchev–Trinajstić information content (AvgIpc) is 2.15. The Morgan fingerprint density at radius 2 is 1.24 bits per heavy atom. The van der Waals surface area contributed by atoms with Gasteiger partial charge in [0.2, 0.25) is 0 Å². The molecule has 0 aromatic carbocycles. The van der Waals surface area contributed by atoms with E-state index in [2.05, 4.69) is 55.0 Å². The van der Waals surface area contributed by atoms with Crippen molar-refractivity contribution in [3.63, 3.8) is 0 Å². The number of rotatable bonds is 3. The fourth-order valence-electron chi connectivity index (χ4n) is 1.79. The number of carbonyl (C=O) groups excluding carboxylic acids is 1. The van der Waals surface area contributed by atoms with E-state index in [0.717, 1.165) is 17.0 Å². The SMILES string of the molecule is C=C[CH2-].CC(C)P(C(C)C)C(C)C.O=C([O-])C(F)(F)F.[Pd+2]. The maximum Gasteiger partial charge on any atom is 2.00 e. The number of carboxylic acids is 1. The van der Waals surface area contributed by atoms with Crippen molar-refractivity contribution in [3.8, 4) is 0 Å². The zero-order valence-corrected chi connectivity index (χ0v) is 15.9. The molecule has 2 nitrogen and oxygen atoms in total. The van der Waals surface area contributed by atoms with Crippen molar-refractivity contribution in [3.05, 3.63) is 19.6 Å². The Kier molecular flexibility index (Phi) is 20.6. The molecule has 0 bridgehead atoms. The summed E-state index contributed by atoms with van der Waals surface area (Å²) in [5.41, 5.74) is 2.69. The number of hydrogen-bond donors (Lipinski definition) is 0. The van der Waals surface area contributed by atoms with Gasteiger partial charge in [0.05, 0.1) is 0 Å². The summed E-state index contributed by atoms with van der Waals surface area (Å²) in [6.07, 6.45) is -3.69. The van der Waals surface area contributed by atoms with E-state index in [1.54, 1.807) is 0 Å². The minimum absolute atomic E-state index is 0. The second-order valence-electron chi connectivity index (χ2n) is 4.80. The van der Waals surface area contributed by atoms with Gasteiger partial charge in [0, 0.05) is 0 Å². The second-order valence-corrected chi connectivity index (χ2v) is 8.80. The largest absolute Gasteiger partial charge is 2.00 e. The number of halogens is 3. The monoisotopic (exact) mass is 420 g/mol. The maximum absolute atomic E-state index is 10.5. The first-order valence-corrected chi connectivity index (χ1v) is 7.83. The van der Waals surface area contributed by atoms with Gasteiger partial charge in [0.25, 0.3) is 0 Å². The van der Waals surface area contributed by atoms with Crippen LogP contribution in [0.4, 0.5) is 13.2 Å². The minimum atomic E-state index is -5.19. The van der Waals surface area contributed by atoms with Crippen molar-refractivity contribution < 1.29 is 43.5 Å². The summed E-state index contributed by atoms with van der Waals surface area (Å²) in [4.78, 5) is 8.78. The van der Waals surface area contributed by atoms with Crippen molar-refractivity contribution in [1.29, 1.82) is 0 Å². The number of alkyl halides is 3. The molecule has 0 amide bonds. The molecule has 0 aromatic rings. The van der Waals surface area contributed by atoms with E-state index in [1.807, 2.05) is 0 Å². The topological polar surface area (TPSA) is 40.1 Å². The summed E-state index contributed by atoms with van der Waals surface area (Å²) >= 11 is 0. The van der Waals surface area contributed by atoms with Gasteiger partial charge >= 0.3 is 26.6 Å². The van der Waals surface area contributed by atoms with Crippen molar-refractivity contribution in [2.75, 3.05) is 0 Å². The molecule has 0 saturated carbocycles. The molecular formula is C14H26F3O2PPd. The van der Waals surface area contributed by atoms with E-state index in [-0.39, 0.29) is 28.3 Å². The van der Waals surface area contributed by atoms with Crippen LogP contribution in [0.1, 0.15) is 41.5 Å². The second kappa shape index (κ2) is 14.9. The standard InChI is InChI=1S/C9H21P.C3H5.C2HF3O2.Pd/c1-7(2)10(8(3)4)9(5)6;1-3-2;3-2(4,5)1(6)7;/h7-9H,1-6H3;3H,1-2H2;(H,6,7);/q;-1;;+2/p-1. The van der Waals surface area contributed by atoms with Crippen molar-refractivity contribution >= 4 is 13.9 Å². The molecule has 0 aliphatic heterocycles. The van der Waals surface area contributed by atoms with Crippen LogP contribution in [0.2, 0.25) is 0 Å². The fraction of sp³-hybridized carbons (Fsp3) is 0.714. The van der Waals surface area contributed by atoms with Crippen LogP contribution in [-0.2, 0) is 25.2 Å². The van der Waals surface area contributed by atoms with E-state index in [9.17, 15) is 13.2 Å². The van der Waals surface area contributed by atoms with Crippen LogP contribution >= 0.6 is 7.92 Å². The van der Waals surface area contributed by atoms with E-state index in [1.165, 1.54) is 6.08 Å². The molecule has 0 N–H and O–H groups in total. The van der Waals surface area contributed by atoms with Gasteiger partial charge in [-0.15, -0.1) is 0 Å². The molecule has 0 aromatic heterocycles. The summed E-state index contributed by atoms with van der Waals surface area (Å²) in [6, 6.07) is 0. The molecule has 0 fully saturated rings. The molecule has 0 saturated heterocycles. The van der Waals surface area contributed by atoms with Crippen LogP contribution in [0.25, 0.3) is 0 Å². The average molecular weight is 421 g/mol. The van der Waals surface area contributed by atoms with E-state index in [0.29, 0.717) is 0 Å². The first-order valence-electron chi connectivity index (χ1n) is 6.28. The Labute approximate surface area is 142 Å². The summed E-state index contributed by atoms with van der Waals surface area (Å²) in [7, 11) is 0.262. The Morgan fingerprint density at radius 1 is 1.10 bits per heavy atom. The Hall–Kier alpha value is -0.0377. The first-order chi connectivity index (χ1) is 8.82. The number of hydrogen-bond acceptors (Lipinski definition) is 2. The molecule has 0 aliphatic rings. The van der Waals surface area contributed by atoms with E-state index in [4.69, 9.17) is 9.90 Å². The normalized spacial score (nSPS) is 10.3. The van der Waals surface area contributed by atoms with Gasteiger partial charge in [-0.2, -0.15) is 13.2 Å². The van der Waals surface area contributed by atoms with Gasteiger partial charge in [-0.1, -0.05) is 49.5 Å². The van der Waals surface area contributed by atoms with Crippen LogP contribution in [0, 0.1) is 6.92 Å². The van der Waals surface area contributed by atoms with Crippen molar-refractivity contribution in [2.24, 2.45) is 0 Å². The molecule has 0 heterocycles. The quantitative estimate of drug-likeness (QED) is 0.393. The van der Waals surface area contributed by atoms with Crippen molar-refractivity contribution in [1.82, 2.24) is 0 Å². The van der Waals surface area contributed by atoms with Gasteiger partial charge in [-0.05, 0) is 17.0 Å². The van der Waals surface area contributed by atoms with E-state index < -0.39 is 12.1 Å². The Balaban J connectivity index is -0.000000115. The summed E-state index contributed by atoms with van der Waals surface area (Å²) in [5.74, 6) is -3.01. The maximum atomic E-state index is 10.5. The number of carboxylic acid groups (broad SMARTS) is 1. The van der Waals surface area contributed by atoms with Crippen LogP contribution < -0.4 is 5.11 Å². The van der Waals surface area contributed by atoms with Gasteiger partial charge in [0.1, 0.15) is 5.97 Å². The van der Waals surface area contributed by atoms with Gasteiger partial charge in [-0.3, -0.25) is 0 Å². The summed E-state index contributed by atoms with van der Waals surface area (Å²) in [6.45, 7) is 20.6. The summed E-state index contributed by atoms with van der Waals surface area (Å²) in [5, 5.41) is 8.78. The third kappa shape index (κ3) is 20.0. The summed E-state index contributed by atoms with van der Waals surface area (Å²) < 4.78 is 31.5. The fourth-order valence-corrected chi connectivity index (χ4v) is 5.37. The molecule has 0 radical (unpaired) electrons. The first kappa shape index (κ1) is 29.0. The Morgan fingerprint density at radius 3 is 1.24 bits per heavy atom. The van der Waals surface area contributed by atoms with Crippen LogP contribution in [0.3, 0.4) is 0 Å². The molecule has 0 unspecified atom stereocenters. The molecule has 0 aliphatic carbocycles. The smallest absolute Gasteiger partial charge is 0.542 e. The molecule has 0 spiro atoms. The molecule has 7 heteroatoms. The zero-order chi connectivity index (χ0) is 17.1. The molecular weight excluding hydrogens is 395 g/mol. The van der Waals surface area contributed by atoms with E-state index >= 15 is 0 Å². The van der Waals surface area contributed by atoms with Crippen molar-refractivity contribution in [2.45, 2.75) is 64.7 Å². The molecule has 0 atom stereocenters. The van der Waals surface area contributed by atoms with Gasteiger partial charge in [-0.25, -0.2) is 19.6 Å². The van der Waals surface area contributed by atoms with Crippen LogP contribution in [-0.4, -0.2) is 29.1 Å². The predicted molar refractivity (Wildman–Crippen MR) is 78.9 cm³/mol. The molecule has 0 rings (SSSR count). The van der Waals surface area contributed by atoms with Crippen LogP contribution in [0.5, 0.6) is 0 Å². The zero-order valence-electron chi connectivity index (χ0n) is 13.4. The third-order valence-corrected chi connectivity index (χ3v) is 5.60. The Bertz CT molecular complexity index is 248. The molecule has 21 heavy (non-hydrogen) atoms. The number of carbonyl (C=O) groups is 1. The molecule has 130 valence electrons.